The number of ether oxygens (including phenoxy) is 1. The van der Waals surface area contributed by atoms with Crippen LogP contribution in [0.2, 0.25) is 5.02 Å². The molecule has 2 aromatic heterocycles. The summed E-state index contributed by atoms with van der Waals surface area (Å²) in [4.78, 5) is 4.50. The second kappa shape index (κ2) is 8.24. The van der Waals surface area contributed by atoms with E-state index in [9.17, 15) is 0 Å². The molecule has 2 heterocycles. The fourth-order valence-electron chi connectivity index (χ4n) is 2.61. The van der Waals surface area contributed by atoms with Gasteiger partial charge in [-0.1, -0.05) is 35.1 Å². The van der Waals surface area contributed by atoms with Gasteiger partial charge in [0.05, 0.1) is 28.7 Å². The van der Waals surface area contributed by atoms with Crippen molar-refractivity contribution in [1.29, 1.82) is 0 Å². The lowest BCUT2D eigenvalue weighted by Crippen LogP contribution is -2.10. The highest BCUT2D eigenvalue weighted by Gasteiger charge is 2.02. The average molecular weight is 397 g/mol. The van der Waals surface area contributed by atoms with Gasteiger partial charge < -0.3 is 9.30 Å². The van der Waals surface area contributed by atoms with Crippen molar-refractivity contribution in [2.24, 2.45) is 5.10 Å². The van der Waals surface area contributed by atoms with Gasteiger partial charge in [0.15, 0.2) is 0 Å². The van der Waals surface area contributed by atoms with Gasteiger partial charge in [0.2, 0.25) is 5.13 Å². The van der Waals surface area contributed by atoms with Gasteiger partial charge in [-0.3, -0.25) is 5.43 Å². The number of para-hydroxylation sites is 1. The quantitative estimate of drug-likeness (QED) is 0.341. The van der Waals surface area contributed by atoms with Crippen LogP contribution < -0.4 is 10.2 Å². The first-order valence-electron chi connectivity index (χ1n) is 8.46. The predicted octanol–water partition coefficient (Wildman–Crippen LogP) is 5.28. The molecule has 0 bridgehead atoms. The first kappa shape index (κ1) is 17.6. The van der Waals surface area contributed by atoms with Crippen LogP contribution in [0.25, 0.3) is 10.2 Å². The molecule has 0 fully saturated rings. The summed E-state index contributed by atoms with van der Waals surface area (Å²) >= 11 is 7.46. The van der Waals surface area contributed by atoms with E-state index in [1.807, 2.05) is 66.9 Å². The number of hydrazone groups is 1. The Morgan fingerprint density at radius 1 is 1.11 bits per heavy atom. The van der Waals surface area contributed by atoms with Crippen LogP contribution in [0.1, 0.15) is 5.69 Å². The molecule has 2 aromatic carbocycles. The van der Waals surface area contributed by atoms with Crippen LogP contribution in [-0.4, -0.2) is 22.4 Å². The number of nitrogens with one attached hydrogen (secondary N) is 1. The molecule has 27 heavy (non-hydrogen) atoms. The number of benzene rings is 2. The summed E-state index contributed by atoms with van der Waals surface area (Å²) in [6.07, 6.45) is 3.79. The number of aromatic nitrogens is 2. The minimum absolute atomic E-state index is 0.558. The molecule has 0 unspecified atom stereocenters. The molecule has 0 amide bonds. The van der Waals surface area contributed by atoms with E-state index in [0.29, 0.717) is 11.6 Å². The van der Waals surface area contributed by atoms with Crippen LogP contribution in [0.4, 0.5) is 5.13 Å². The van der Waals surface area contributed by atoms with Crippen LogP contribution in [0.15, 0.2) is 72.0 Å². The van der Waals surface area contributed by atoms with Crippen molar-refractivity contribution in [2.75, 3.05) is 12.0 Å². The maximum Gasteiger partial charge on any atom is 0.204 e. The van der Waals surface area contributed by atoms with Crippen LogP contribution in [0.5, 0.6) is 5.75 Å². The number of hydrogen-bond donors (Lipinski definition) is 1. The van der Waals surface area contributed by atoms with Crippen molar-refractivity contribution in [1.82, 2.24) is 9.55 Å². The molecule has 5 nitrogen and oxygen atoms in total. The van der Waals surface area contributed by atoms with E-state index in [1.54, 1.807) is 17.6 Å². The summed E-state index contributed by atoms with van der Waals surface area (Å²) in [5, 5.41) is 5.79. The predicted molar refractivity (Wildman–Crippen MR) is 112 cm³/mol. The number of fused-ring (bicyclic) bond motifs is 1. The highest BCUT2D eigenvalue weighted by Crippen LogP contribution is 2.25. The van der Waals surface area contributed by atoms with Gasteiger partial charge in [0, 0.05) is 11.2 Å². The van der Waals surface area contributed by atoms with Crippen LogP contribution in [0, 0.1) is 0 Å². The van der Waals surface area contributed by atoms with E-state index in [0.717, 1.165) is 33.3 Å². The smallest absolute Gasteiger partial charge is 0.204 e. The number of nitrogens with zero attached hydrogens (tertiary/aromatic N) is 3. The summed E-state index contributed by atoms with van der Waals surface area (Å²) in [7, 11) is 0. The van der Waals surface area contributed by atoms with Gasteiger partial charge >= 0.3 is 0 Å². The molecule has 136 valence electrons. The third-order valence-electron chi connectivity index (χ3n) is 3.93. The second-order valence-electron chi connectivity index (χ2n) is 5.79. The Morgan fingerprint density at radius 2 is 1.96 bits per heavy atom. The van der Waals surface area contributed by atoms with Crippen molar-refractivity contribution in [3.63, 3.8) is 0 Å². The van der Waals surface area contributed by atoms with Crippen molar-refractivity contribution in [3.8, 4) is 5.75 Å². The molecule has 7 heteroatoms. The maximum atomic E-state index is 5.88. The van der Waals surface area contributed by atoms with Crippen molar-refractivity contribution in [2.45, 2.75) is 6.54 Å². The third-order valence-corrected chi connectivity index (χ3v) is 5.12. The Bertz CT molecular complexity index is 1020. The van der Waals surface area contributed by atoms with Crippen molar-refractivity contribution < 1.29 is 4.74 Å². The van der Waals surface area contributed by atoms with Crippen LogP contribution in [0.3, 0.4) is 0 Å². The minimum atomic E-state index is 0.558. The zero-order chi connectivity index (χ0) is 18.5. The second-order valence-corrected chi connectivity index (χ2v) is 7.25. The van der Waals surface area contributed by atoms with E-state index in [2.05, 4.69) is 20.1 Å². The van der Waals surface area contributed by atoms with E-state index < -0.39 is 0 Å². The summed E-state index contributed by atoms with van der Waals surface area (Å²) in [6.45, 7) is 1.28. The van der Waals surface area contributed by atoms with Crippen LogP contribution >= 0.6 is 22.9 Å². The number of hydrogen-bond acceptors (Lipinski definition) is 5. The molecule has 1 N–H and O–H groups in total. The molecule has 0 atom stereocenters. The third kappa shape index (κ3) is 4.48. The Morgan fingerprint density at radius 3 is 2.81 bits per heavy atom. The van der Waals surface area contributed by atoms with Gasteiger partial charge in [0.25, 0.3) is 0 Å². The molecular formula is C20H17ClN4OS. The zero-order valence-electron chi connectivity index (χ0n) is 14.4. The lowest BCUT2D eigenvalue weighted by atomic mass is 10.3. The molecule has 0 aliphatic heterocycles. The van der Waals surface area contributed by atoms with Gasteiger partial charge in [-0.15, -0.1) is 0 Å². The van der Waals surface area contributed by atoms with E-state index in [4.69, 9.17) is 16.3 Å². The molecule has 0 radical (unpaired) electrons. The van der Waals surface area contributed by atoms with Crippen molar-refractivity contribution >= 4 is 44.5 Å². The van der Waals surface area contributed by atoms with Gasteiger partial charge in [-0.25, -0.2) is 4.98 Å². The molecule has 0 saturated heterocycles. The molecule has 4 aromatic rings. The molecule has 0 aliphatic carbocycles. The first-order chi connectivity index (χ1) is 13.3. The number of rotatable bonds is 7. The first-order valence-corrected chi connectivity index (χ1v) is 9.65. The Kier molecular flexibility index (Phi) is 5.37. The maximum absolute atomic E-state index is 5.88. The zero-order valence-corrected chi connectivity index (χ0v) is 16.0. The normalized spacial score (nSPS) is 11.3. The Labute approximate surface area is 165 Å². The SMILES string of the molecule is Clc1ccc(OCCn2cccc2C=NNc2nc3ccccc3s2)cc1. The molecular weight excluding hydrogens is 380 g/mol. The summed E-state index contributed by atoms with van der Waals surface area (Å²) in [5.74, 6) is 0.805. The number of thiazole rings is 1. The summed E-state index contributed by atoms with van der Waals surface area (Å²) < 4.78 is 8.97. The highest BCUT2D eigenvalue weighted by molar-refractivity contribution is 7.22. The molecule has 0 aliphatic rings. The number of halogens is 1. The summed E-state index contributed by atoms with van der Waals surface area (Å²) in [5.41, 5.74) is 4.97. The topological polar surface area (TPSA) is 51.4 Å². The van der Waals surface area contributed by atoms with Crippen LogP contribution in [-0.2, 0) is 6.54 Å². The minimum Gasteiger partial charge on any atom is -0.492 e. The van der Waals surface area contributed by atoms with E-state index >= 15 is 0 Å². The lowest BCUT2D eigenvalue weighted by Gasteiger charge is -2.08. The Balaban J connectivity index is 1.33. The highest BCUT2D eigenvalue weighted by atomic mass is 35.5. The fourth-order valence-corrected chi connectivity index (χ4v) is 3.56. The lowest BCUT2D eigenvalue weighted by molar-refractivity contribution is 0.298. The number of anilines is 1. The monoisotopic (exact) mass is 396 g/mol. The fraction of sp³-hybridized carbons (Fsp3) is 0.100. The summed E-state index contributed by atoms with van der Waals surface area (Å²) in [6, 6.07) is 19.4. The van der Waals surface area contributed by atoms with Gasteiger partial charge in [0.1, 0.15) is 12.4 Å². The largest absolute Gasteiger partial charge is 0.492 e. The molecule has 0 spiro atoms. The van der Waals surface area contributed by atoms with E-state index in [1.165, 1.54) is 0 Å². The standard InChI is InChI=1S/C20H17ClN4OS/c21-15-7-9-17(10-8-15)26-13-12-25-11-3-4-16(25)14-22-24-20-23-18-5-1-2-6-19(18)27-20/h1-11,14H,12-13H2,(H,23,24). The average Bonchev–Trinajstić information content (AvgIpc) is 3.30. The molecule has 4 rings (SSSR count). The Hall–Kier alpha value is -2.83. The van der Waals surface area contributed by atoms with Crippen molar-refractivity contribution in [3.05, 3.63) is 77.6 Å². The van der Waals surface area contributed by atoms with E-state index in [-0.39, 0.29) is 0 Å². The molecule has 0 saturated carbocycles. The van der Waals surface area contributed by atoms with Gasteiger partial charge in [-0.05, 0) is 48.5 Å². The van der Waals surface area contributed by atoms with Gasteiger partial charge in [-0.2, -0.15) is 5.10 Å².